The Morgan fingerprint density at radius 3 is 1.81 bits per heavy atom. The van der Waals surface area contributed by atoms with Crippen LogP contribution < -0.4 is 61.0 Å². The number of hydrogen-bond acceptors (Lipinski definition) is 11. The Kier molecular flexibility index (Phi) is 15.7. The quantitative estimate of drug-likeness (QED) is 0.0964. The molecule has 0 spiro atoms. The summed E-state index contributed by atoms with van der Waals surface area (Å²) < 4.78 is 62.8. The van der Waals surface area contributed by atoms with Gasteiger partial charge in [-0.15, -0.1) is 0 Å². The fourth-order valence-corrected chi connectivity index (χ4v) is 6.66. The smallest absolute Gasteiger partial charge is 0.745 e. The van der Waals surface area contributed by atoms with Crippen LogP contribution in [0.15, 0.2) is 54.6 Å². The zero-order chi connectivity index (χ0) is 30.9. The Morgan fingerprint density at radius 1 is 0.833 bits per heavy atom. The molecule has 0 aliphatic heterocycles. The van der Waals surface area contributed by atoms with Crippen LogP contribution in [0.5, 0.6) is 11.5 Å². The van der Waals surface area contributed by atoms with Gasteiger partial charge in [-0.1, -0.05) is 30.3 Å². The zero-order valence-corrected chi connectivity index (χ0v) is 30.0. The fraction of sp³-hybridized carbons (Fsp3) is 0.500. The van der Waals surface area contributed by atoms with Gasteiger partial charge in [0, 0.05) is 6.42 Å². The number of para-hydroxylation sites is 1. The predicted molar refractivity (Wildman–Crippen MR) is 149 cm³/mol. The third-order valence-corrected chi connectivity index (χ3v) is 9.90. The van der Waals surface area contributed by atoms with Crippen molar-refractivity contribution >= 4 is 30.0 Å². The van der Waals surface area contributed by atoms with E-state index >= 15 is 0 Å². The van der Waals surface area contributed by atoms with E-state index in [4.69, 9.17) is 23.3 Å². The molecule has 0 aromatic heterocycles. The van der Waals surface area contributed by atoms with E-state index in [0.717, 1.165) is 5.56 Å². The van der Waals surface area contributed by atoms with Crippen LogP contribution in [0.1, 0.15) is 59.9 Å². The molecule has 11 nitrogen and oxygen atoms in total. The molecule has 0 saturated carbocycles. The Labute approximate surface area is 291 Å². The summed E-state index contributed by atoms with van der Waals surface area (Å²) in [6.45, 7) is 7.55. The van der Waals surface area contributed by atoms with E-state index in [9.17, 15) is 27.5 Å². The molecule has 0 radical (unpaired) electrons. The minimum absolute atomic E-state index is 0. The van der Waals surface area contributed by atoms with Crippen molar-refractivity contribution in [2.45, 2.75) is 65.8 Å². The summed E-state index contributed by atoms with van der Waals surface area (Å²) >= 11 is 0. The van der Waals surface area contributed by atoms with Crippen LogP contribution in [0.3, 0.4) is 0 Å². The summed E-state index contributed by atoms with van der Waals surface area (Å²) in [5.74, 6) is -0.248. The standard InChI is InChI=1S/C28H39O11PS.K/c1-27(2,3)25(29)35-19-37-40(31,38-20-36-26(30)28(4,5)6)24(41(32,33)34)17-11-13-21-12-10-16-23(18-21)39-22-14-8-7-9-15-22;/h7-10,12,14-16,18,24H,11,13,17,19-20H2,1-6H3,(H,32,33,34);/q;+1/p-1/t24-;/m0./s1. The average molecular weight is 653 g/mol. The average Bonchev–Trinajstić information content (AvgIpc) is 2.85. The van der Waals surface area contributed by atoms with E-state index in [-0.39, 0.29) is 57.8 Å². The SMILES string of the molecule is CC(C)(C)C(=O)OCO[P+]([O-])(OCOC(=O)C(C)(C)C)[C@H](CCCc1cccc(Oc2ccccc2)c1)S(=O)(=O)[O-].[K+]. The Balaban J connectivity index is 0.00000882. The van der Waals surface area contributed by atoms with Crippen LogP contribution in [-0.4, -0.2) is 43.5 Å². The van der Waals surface area contributed by atoms with Gasteiger partial charge in [-0.2, -0.15) is 9.05 Å². The van der Waals surface area contributed by atoms with Crippen molar-refractivity contribution in [1.82, 2.24) is 0 Å². The van der Waals surface area contributed by atoms with Crippen LogP contribution in [0, 0.1) is 10.8 Å². The van der Waals surface area contributed by atoms with Gasteiger partial charge < -0.3 is 23.7 Å². The largest absolute Gasteiger partial charge is 1.00 e. The van der Waals surface area contributed by atoms with Crippen molar-refractivity contribution in [2.75, 3.05) is 13.6 Å². The molecule has 42 heavy (non-hydrogen) atoms. The van der Waals surface area contributed by atoms with Gasteiger partial charge in [-0.3, -0.25) is 9.59 Å². The minimum atomic E-state index is -5.25. The van der Waals surface area contributed by atoms with Gasteiger partial charge in [-0.05, 0) is 84.2 Å². The van der Waals surface area contributed by atoms with Crippen molar-refractivity contribution in [2.24, 2.45) is 10.8 Å². The zero-order valence-electron chi connectivity index (χ0n) is 25.2. The summed E-state index contributed by atoms with van der Waals surface area (Å²) in [5.41, 5.74) is -1.09. The third-order valence-electron chi connectivity index (χ3n) is 5.55. The molecule has 2 aromatic carbocycles. The first-order valence-corrected chi connectivity index (χ1v) is 16.0. The second-order valence-corrected chi connectivity index (χ2v) is 15.4. The molecule has 0 unspecified atom stereocenters. The fourth-order valence-electron chi connectivity index (χ4n) is 3.27. The first-order chi connectivity index (χ1) is 18.9. The monoisotopic (exact) mass is 652 g/mol. The molecule has 0 heterocycles. The molecule has 0 saturated heterocycles. The van der Waals surface area contributed by atoms with Crippen molar-refractivity contribution in [3.05, 3.63) is 60.2 Å². The van der Waals surface area contributed by atoms with Gasteiger partial charge in [0.2, 0.25) is 18.6 Å². The van der Waals surface area contributed by atoms with Crippen LogP contribution in [-0.2, 0) is 44.6 Å². The van der Waals surface area contributed by atoms with Crippen LogP contribution in [0.4, 0.5) is 0 Å². The number of esters is 2. The van der Waals surface area contributed by atoms with E-state index in [2.05, 4.69) is 0 Å². The number of aryl methyl sites for hydroxylation is 1. The summed E-state index contributed by atoms with van der Waals surface area (Å²) in [7, 11) is -10.1. The molecule has 14 heteroatoms. The Bertz CT molecular complexity index is 1230. The van der Waals surface area contributed by atoms with Gasteiger partial charge in [-0.25, -0.2) is 8.42 Å². The van der Waals surface area contributed by atoms with E-state index in [1.807, 2.05) is 18.2 Å². The first-order valence-electron chi connectivity index (χ1n) is 12.9. The molecule has 0 amide bonds. The number of carbonyl (C=O) groups is 2. The van der Waals surface area contributed by atoms with Crippen molar-refractivity contribution in [1.29, 1.82) is 0 Å². The van der Waals surface area contributed by atoms with Crippen molar-refractivity contribution in [3.63, 3.8) is 0 Å². The Hall–Kier alpha value is -0.964. The molecular formula is C28H38KO11PS. The Morgan fingerprint density at radius 2 is 1.33 bits per heavy atom. The number of hydrogen-bond donors (Lipinski definition) is 0. The predicted octanol–water partition coefficient (Wildman–Crippen LogP) is 1.93. The normalized spacial score (nSPS) is 13.0. The van der Waals surface area contributed by atoms with Gasteiger partial charge in [0.25, 0.3) is 7.94 Å². The van der Waals surface area contributed by atoms with Gasteiger partial charge in [0.1, 0.15) is 21.6 Å². The van der Waals surface area contributed by atoms with Crippen LogP contribution >= 0.6 is 7.94 Å². The summed E-state index contributed by atoms with van der Waals surface area (Å²) in [6.07, 6.45) is -0.00938. The van der Waals surface area contributed by atoms with E-state index < -0.39 is 65.8 Å². The molecule has 0 aliphatic rings. The summed E-state index contributed by atoms with van der Waals surface area (Å²) in [6, 6.07) is 16.2. The second kappa shape index (κ2) is 16.9. The maximum absolute atomic E-state index is 13.7. The molecule has 0 N–H and O–H groups in total. The third kappa shape index (κ3) is 13.4. The molecule has 1 atom stereocenters. The van der Waals surface area contributed by atoms with Gasteiger partial charge in [0.05, 0.1) is 10.8 Å². The topological polar surface area (TPSA) is 161 Å². The van der Waals surface area contributed by atoms with Crippen LogP contribution in [0.25, 0.3) is 0 Å². The molecule has 0 fully saturated rings. The number of benzene rings is 2. The van der Waals surface area contributed by atoms with E-state index in [1.54, 1.807) is 77.9 Å². The molecular weight excluding hydrogens is 614 g/mol. The summed E-state index contributed by atoms with van der Waals surface area (Å²) in [5, 5.41) is 0. The van der Waals surface area contributed by atoms with E-state index in [0.29, 0.717) is 17.9 Å². The molecule has 2 rings (SSSR count). The maximum Gasteiger partial charge on any atom is 1.00 e. The van der Waals surface area contributed by atoms with Gasteiger partial charge >= 0.3 is 63.3 Å². The van der Waals surface area contributed by atoms with E-state index in [1.165, 1.54) is 0 Å². The summed E-state index contributed by atoms with van der Waals surface area (Å²) in [4.78, 5) is 35.8. The van der Waals surface area contributed by atoms with Crippen LogP contribution in [0.2, 0.25) is 0 Å². The molecule has 2 aromatic rings. The van der Waals surface area contributed by atoms with Gasteiger partial charge in [0.15, 0.2) is 0 Å². The number of rotatable bonds is 14. The maximum atomic E-state index is 13.7. The molecule has 228 valence electrons. The molecule has 0 aliphatic carbocycles. The first kappa shape index (κ1) is 39.1. The second-order valence-electron chi connectivity index (χ2n) is 11.3. The number of ether oxygens (including phenoxy) is 3. The van der Waals surface area contributed by atoms with Crippen molar-refractivity contribution in [3.8, 4) is 11.5 Å². The van der Waals surface area contributed by atoms with Crippen molar-refractivity contribution < 1.29 is 102 Å². The molecule has 0 bridgehead atoms. The minimum Gasteiger partial charge on any atom is -0.745 e. The number of carbonyl (C=O) groups excluding carboxylic acids is 2.